The molecule has 0 radical (unpaired) electrons. The van der Waals surface area contributed by atoms with E-state index in [-0.39, 0.29) is 0 Å². The summed E-state index contributed by atoms with van der Waals surface area (Å²) in [5.41, 5.74) is 2.09. The van der Waals surface area contributed by atoms with Crippen molar-refractivity contribution in [2.45, 2.75) is 6.92 Å². The Labute approximate surface area is 165 Å². The van der Waals surface area contributed by atoms with Crippen molar-refractivity contribution in [1.29, 1.82) is 0 Å². The molecule has 1 aliphatic rings. The first kappa shape index (κ1) is 18.0. The summed E-state index contributed by atoms with van der Waals surface area (Å²) in [5, 5.41) is 11.5. The highest BCUT2D eigenvalue weighted by Gasteiger charge is 2.19. The molecule has 1 fully saturated rings. The highest BCUT2D eigenvalue weighted by Crippen LogP contribution is 2.26. The van der Waals surface area contributed by atoms with Gasteiger partial charge in [-0.2, -0.15) is 10.1 Å². The van der Waals surface area contributed by atoms with Gasteiger partial charge in [-0.1, -0.05) is 30.3 Å². The Morgan fingerprint density at radius 1 is 0.929 bits per heavy atom. The fourth-order valence-electron chi connectivity index (χ4n) is 3.30. The molecule has 0 spiro atoms. The van der Waals surface area contributed by atoms with E-state index in [1.807, 2.05) is 37.3 Å². The second-order valence-corrected chi connectivity index (χ2v) is 6.50. The predicted octanol–water partition coefficient (Wildman–Crippen LogP) is 3.34. The summed E-state index contributed by atoms with van der Waals surface area (Å²) in [5.74, 6) is 2.07. The molecule has 28 heavy (non-hydrogen) atoms. The van der Waals surface area contributed by atoms with Crippen molar-refractivity contribution in [1.82, 2.24) is 15.2 Å². The van der Waals surface area contributed by atoms with Gasteiger partial charge in [-0.3, -0.25) is 0 Å². The number of anilines is 4. The third-order valence-corrected chi connectivity index (χ3v) is 4.70. The molecule has 1 aromatic heterocycles. The van der Waals surface area contributed by atoms with Gasteiger partial charge < -0.3 is 19.9 Å². The molecule has 2 aromatic carbocycles. The Morgan fingerprint density at radius 2 is 1.64 bits per heavy atom. The van der Waals surface area contributed by atoms with Crippen LogP contribution in [-0.4, -0.2) is 48.0 Å². The van der Waals surface area contributed by atoms with Crippen LogP contribution in [0.25, 0.3) is 0 Å². The molecule has 144 valence electrons. The van der Waals surface area contributed by atoms with Gasteiger partial charge in [0.1, 0.15) is 5.75 Å². The highest BCUT2D eigenvalue weighted by atomic mass is 16.5. The fourth-order valence-corrected chi connectivity index (χ4v) is 3.30. The lowest BCUT2D eigenvalue weighted by Gasteiger charge is -2.36. The molecular weight excluding hydrogens is 352 g/mol. The van der Waals surface area contributed by atoms with E-state index in [9.17, 15) is 0 Å². The van der Waals surface area contributed by atoms with E-state index in [0.29, 0.717) is 12.6 Å². The maximum absolute atomic E-state index is 5.66. The van der Waals surface area contributed by atoms with Crippen LogP contribution in [0.2, 0.25) is 0 Å². The summed E-state index contributed by atoms with van der Waals surface area (Å²) in [4.78, 5) is 9.29. The van der Waals surface area contributed by atoms with Gasteiger partial charge >= 0.3 is 0 Å². The first-order valence-corrected chi connectivity index (χ1v) is 9.57. The SMILES string of the molecule is CCOc1ccccc1Nc1nncc(N2CCN(c3ccccc3)CC2)n1. The molecule has 0 amide bonds. The molecule has 0 saturated carbocycles. The lowest BCUT2D eigenvalue weighted by molar-refractivity contribution is 0.342. The van der Waals surface area contributed by atoms with Gasteiger partial charge in [0.2, 0.25) is 5.95 Å². The number of nitrogens with one attached hydrogen (secondary N) is 1. The highest BCUT2D eigenvalue weighted by molar-refractivity contribution is 5.62. The maximum atomic E-state index is 5.66. The van der Waals surface area contributed by atoms with Crippen LogP contribution in [0.1, 0.15) is 6.92 Å². The topological polar surface area (TPSA) is 66.4 Å². The zero-order valence-corrected chi connectivity index (χ0v) is 16.0. The van der Waals surface area contributed by atoms with Crippen molar-refractivity contribution in [3.63, 3.8) is 0 Å². The minimum Gasteiger partial charge on any atom is -0.492 e. The molecule has 1 aliphatic heterocycles. The summed E-state index contributed by atoms with van der Waals surface area (Å²) in [6.45, 7) is 6.24. The first-order valence-electron chi connectivity index (χ1n) is 9.57. The largest absolute Gasteiger partial charge is 0.492 e. The minimum absolute atomic E-state index is 0.468. The molecular formula is C21H24N6O. The second-order valence-electron chi connectivity index (χ2n) is 6.50. The average molecular weight is 376 g/mol. The first-order chi connectivity index (χ1) is 13.8. The number of aromatic nitrogens is 3. The van der Waals surface area contributed by atoms with E-state index < -0.39 is 0 Å². The summed E-state index contributed by atoms with van der Waals surface area (Å²) in [6, 6.07) is 18.3. The van der Waals surface area contributed by atoms with E-state index >= 15 is 0 Å². The van der Waals surface area contributed by atoms with Gasteiger partial charge in [0.25, 0.3) is 0 Å². The minimum atomic E-state index is 0.468. The van der Waals surface area contributed by atoms with Gasteiger partial charge in [-0.05, 0) is 31.2 Å². The fraction of sp³-hybridized carbons (Fsp3) is 0.286. The number of piperazine rings is 1. The molecule has 1 saturated heterocycles. The number of benzene rings is 2. The van der Waals surface area contributed by atoms with Crippen molar-refractivity contribution in [2.75, 3.05) is 47.9 Å². The van der Waals surface area contributed by atoms with E-state index in [1.165, 1.54) is 5.69 Å². The average Bonchev–Trinajstić information content (AvgIpc) is 2.76. The van der Waals surface area contributed by atoms with Crippen molar-refractivity contribution >= 4 is 23.1 Å². The van der Waals surface area contributed by atoms with Crippen LogP contribution < -0.4 is 19.9 Å². The molecule has 1 N–H and O–H groups in total. The molecule has 0 aliphatic carbocycles. The van der Waals surface area contributed by atoms with Gasteiger partial charge in [0.05, 0.1) is 18.5 Å². The Balaban J connectivity index is 1.43. The standard InChI is InChI=1S/C21H24N6O/c1-2-28-19-11-7-6-10-18(19)23-21-24-20(16-22-25-21)27-14-12-26(13-15-27)17-8-4-3-5-9-17/h3-11,16H,2,12-15H2,1H3,(H,23,24,25). The zero-order chi connectivity index (χ0) is 19.2. The van der Waals surface area contributed by atoms with E-state index in [2.05, 4.69) is 54.6 Å². The second kappa shape index (κ2) is 8.56. The summed E-state index contributed by atoms with van der Waals surface area (Å²) in [6.07, 6.45) is 1.72. The lowest BCUT2D eigenvalue weighted by Crippen LogP contribution is -2.46. The number of hydrogen-bond acceptors (Lipinski definition) is 7. The van der Waals surface area contributed by atoms with Crippen molar-refractivity contribution in [3.05, 3.63) is 60.8 Å². The Bertz CT molecular complexity index is 896. The monoisotopic (exact) mass is 376 g/mol. The third-order valence-electron chi connectivity index (χ3n) is 4.70. The number of para-hydroxylation sites is 3. The van der Waals surface area contributed by atoms with Crippen LogP contribution in [0, 0.1) is 0 Å². The maximum Gasteiger partial charge on any atom is 0.249 e. The van der Waals surface area contributed by atoms with E-state index in [0.717, 1.165) is 43.4 Å². The molecule has 4 rings (SSSR count). The van der Waals surface area contributed by atoms with E-state index in [4.69, 9.17) is 4.74 Å². The molecule has 0 unspecified atom stereocenters. The number of ether oxygens (including phenoxy) is 1. The van der Waals surface area contributed by atoms with Crippen LogP contribution in [0.15, 0.2) is 60.8 Å². The molecule has 0 bridgehead atoms. The number of nitrogens with zero attached hydrogens (tertiary/aromatic N) is 5. The molecule has 0 atom stereocenters. The quantitative estimate of drug-likeness (QED) is 0.708. The zero-order valence-electron chi connectivity index (χ0n) is 16.0. The van der Waals surface area contributed by atoms with Crippen LogP contribution in [0.4, 0.5) is 23.1 Å². The number of rotatable bonds is 6. The van der Waals surface area contributed by atoms with Crippen molar-refractivity contribution in [2.24, 2.45) is 0 Å². The molecule has 3 aromatic rings. The van der Waals surface area contributed by atoms with Gasteiger partial charge in [0.15, 0.2) is 5.82 Å². The number of hydrogen-bond donors (Lipinski definition) is 1. The molecule has 7 nitrogen and oxygen atoms in total. The molecule has 2 heterocycles. The Hall–Kier alpha value is -3.35. The Morgan fingerprint density at radius 3 is 2.43 bits per heavy atom. The lowest BCUT2D eigenvalue weighted by atomic mass is 10.2. The smallest absolute Gasteiger partial charge is 0.249 e. The van der Waals surface area contributed by atoms with Crippen LogP contribution in [-0.2, 0) is 0 Å². The van der Waals surface area contributed by atoms with Gasteiger partial charge in [-0.15, -0.1) is 5.10 Å². The van der Waals surface area contributed by atoms with Gasteiger partial charge in [-0.25, -0.2) is 0 Å². The van der Waals surface area contributed by atoms with Crippen LogP contribution in [0.3, 0.4) is 0 Å². The van der Waals surface area contributed by atoms with Gasteiger partial charge in [0, 0.05) is 31.9 Å². The Kier molecular flexibility index (Phi) is 5.51. The molecule has 7 heteroatoms. The predicted molar refractivity (Wildman–Crippen MR) is 112 cm³/mol. The van der Waals surface area contributed by atoms with E-state index in [1.54, 1.807) is 6.20 Å². The summed E-state index contributed by atoms with van der Waals surface area (Å²) >= 11 is 0. The van der Waals surface area contributed by atoms with Crippen molar-refractivity contribution < 1.29 is 4.74 Å². The third kappa shape index (κ3) is 4.14. The normalized spacial score (nSPS) is 14.0. The van der Waals surface area contributed by atoms with Crippen molar-refractivity contribution in [3.8, 4) is 5.75 Å². The summed E-state index contributed by atoms with van der Waals surface area (Å²) in [7, 11) is 0. The van der Waals surface area contributed by atoms with Crippen LogP contribution in [0.5, 0.6) is 5.75 Å². The van der Waals surface area contributed by atoms with Crippen LogP contribution >= 0.6 is 0 Å². The summed E-state index contributed by atoms with van der Waals surface area (Å²) < 4.78 is 5.66.